The van der Waals surface area contributed by atoms with Crippen molar-refractivity contribution in [1.29, 1.82) is 0 Å². The Hall–Kier alpha value is -1.46. The lowest BCUT2D eigenvalue weighted by molar-refractivity contribution is 0.0258. The SMILES string of the molecule is CN(Cc1nnn(C)n1)C1(c2ccc(Cl)cc2)CCC1. The monoisotopic (exact) mass is 291 g/mol. The second-order valence-electron chi connectivity index (χ2n) is 5.44. The molecule has 3 rings (SSSR count). The van der Waals surface area contributed by atoms with E-state index in [0.29, 0.717) is 6.54 Å². The lowest BCUT2D eigenvalue weighted by atomic mass is 9.70. The Balaban J connectivity index is 1.83. The quantitative estimate of drug-likeness (QED) is 0.868. The minimum Gasteiger partial charge on any atom is -0.289 e. The van der Waals surface area contributed by atoms with Gasteiger partial charge in [-0.3, -0.25) is 4.90 Å². The smallest absolute Gasteiger partial charge is 0.188 e. The molecule has 6 heteroatoms. The Morgan fingerprint density at radius 1 is 1.30 bits per heavy atom. The molecule has 0 radical (unpaired) electrons. The molecule has 0 spiro atoms. The maximum atomic E-state index is 5.99. The molecule has 1 aromatic heterocycles. The molecule has 2 aromatic rings. The Kier molecular flexibility index (Phi) is 3.48. The molecule has 0 amide bonds. The van der Waals surface area contributed by atoms with Gasteiger partial charge in [0, 0.05) is 10.6 Å². The van der Waals surface area contributed by atoms with E-state index in [1.807, 2.05) is 12.1 Å². The fourth-order valence-electron chi connectivity index (χ4n) is 2.91. The predicted octanol–water partition coefficient (Wildman–Crippen LogP) is 2.37. The molecule has 1 aromatic carbocycles. The van der Waals surface area contributed by atoms with Crippen LogP contribution in [0.3, 0.4) is 0 Å². The van der Waals surface area contributed by atoms with E-state index in [1.54, 1.807) is 7.05 Å². The average molecular weight is 292 g/mol. The van der Waals surface area contributed by atoms with E-state index < -0.39 is 0 Å². The van der Waals surface area contributed by atoms with Crippen LogP contribution in [0.25, 0.3) is 0 Å². The van der Waals surface area contributed by atoms with Crippen LogP contribution < -0.4 is 0 Å². The van der Waals surface area contributed by atoms with E-state index >= 15 is 0 Å². The van der Waals surface area contributed by atoms with Gasteiger partial charge in [0.15, 0.2) is 5.82 Å². The number of nitrogens with zero attached hydrogens (tertiary/aromatic N) is 5. The molecular formula is C14H18ClN5. The number of halogens is 1. The van der Waals surface area contributed by atoms with E-state index in [9.17, 15) is 0 Å². The predicted molar refractivity (Wildman–Crippen MR) is 77.2 cm³/mol. The lowest BCUT2D eigenvalue weighted by Gasteiger charge is -2.49. The fourth-order valence-corrected chi connectivity index (χ4v) is 3.04. The van der Waals surface area contributed by atoms with Gasteiger partial charge < -0.3 is 0 Å². The van der Waals surface area contributed by atoms with Crippen LogP contribution in [0.15, 0.2) is 24.3 Å². The van der Waals surface area contributed by atoms with Gasteiger partial charge in [0.1, 0.15) is 0 Å². The number of hydrogen-bond acceptors (Lipinski definition) is 4. The molecule has 1 saturated carbocycles. The highest BCUT2D eigenvalue weighted by Gasteiger charge is 2.42. The van der Waals surface area contributed by atoms with E-state index in [2.05, 4.69) is 39.5 Å². The van der Waals surface area contributed by atoms with Gasteiger partial charge in [0.2, 0.25) is 0 Å². The normalized spacial score (nSPS) is 17.2. The summed E-state index contributed by atoms with van der Waals surface area (Å²) in [5, 5.41) is 13.0. The first-order chi connectivity index (χ1) is 9.60. The van der Waals surface area contributed by atoms with Crippen LogP contribution >= 0.6 is 11.6 Å². The van der Waals surface area contributed by atoms with Crippen LogP contribution in [0.1, 0.15) is 30.7 Å². The van der Waals surface area contributed by atoms with Crippen molar-refractivity contribution in [2.24, 2.45) is 7.05 Å². The molecule has 0 aliphatic heterocycles. The summed E-state index contributed by atoms with van der Waals surface area (Å²) in [7, 11) is 3.92. The first-order valence-corrected chi connectivity index (χ1v) is 7.18. The number of tetrazole rings is 1. The van der Waals surface area contributed by atoms with Crippen LogP contribution in [-0.2, 0) is 19.1 Å². The highest BCUT2D eigenvalue weighted by atomic mass is 35.5. The van der Waals surface area contributed by atoms with Crippen LogP contribution in [0.2, 0.25) is 5.02 Å². The molecule has 1 aliphatic rings. The number of benzene rings is 1. The molecule has 0 bridgehead atoms. The van der Waals surface area contributed by atoms with E-state index in [-0.39, 0.29) is 5.54 Å². The number of hydrogen-bond donors (Lipinski definition) is 0. The topological polar surface area (TPSA) is 46.8 Å². The van der Waals surface area contributed by atoms with Crippen molar-refractivity contribution >= 4 is 11.6 Å². The summed E-state index contributed by atoms with van der Waals surface area (Å²) in [6, 6.07) is 8.18. The van der Waals surface area contributed by atoms with Gasteiger partial charge in [-0.05, 0) is 49.2 Å². The van der Waals surface area contributed by atoms with Crippen molar-refractivity contribution in [3.8, 4) is 0 Å². The Morgan fingerprint density at radius 2 is 2.00 bits per heavy atom. The first kappa shape index (κ1) is 13.5. The third-order valence-corrected chi connectivity index (χ3v) is 4.47. The third-order valence-electron chi connectivity index (χ3n) is 4.22. The van der Waals surface area contributed by atoms with Crippen molar-refractivity contribution in [3.05, 3.63) is 40.7 Å². The molecule has 20 heavy (non-hydrogen) atoms. The summed E-state index contributed by atoms with van der Waals surface area (Å²) in [6.45, 7) is 0.705. The molecule has 0 saturated heterocycles. The van der Waals surface area contributed by atoms with Gasteiger partial charge in [-0.15, -0.1) is 10.2 Å². The molecule has 1 heterocycles. The molecule has 0 atom stereocenters. The third kappa shape index (κ3) is 2.31. The first-order valence-electron chi connectivity index (χ1n) is 6.80. The zero-order valence-electron chi connectivity index (χ0n) is 11.8. The highest BCUT2D eigenvalue weighted by molar-refractivity contribution is 6.30. The van der Waals surface area contributed by atoms with Gasteiger partial charge in [-0.1, -0.05) is 23.7 Å². The Labute approximate surface area is 123 Å². The Morgan fingerprint density at radius 3 is 2.50 bits per heavy atom. The summed E-state index contributed by atoms with van der Waals surface area (Å²) >= 11 is 5.99. The summed E-state index contributed by atoms with van der Waals surface area (Å²) in [5.41, 5.74) is 1.41. The lowest BCUT2D eigenvalue weighted by Crippen LogP contribution is -2.48. The van der Waals surface area contributed by atoms with E-state index in [0.717, 1.165) is 23.7 Å². The van der Waals surface area contributed by atoms with Gasteiger partial charge in [-0.2, -0.15) is 4.80 Å². The largest absolute Gasteiger partial charge is 0.289 e. The van der Waals surface area contributed by atoms with Crippen LogP contribution in [0.4, 0.5) is 0 Å². The van der Waals surface area contributed by atoms with Crippen molar-refractivity contribution in [2.75, 3.05) is 7.05 Å². The number of rotatable bonds is 4. The van der Waals surface area contributed by atoms with Gasteiger partial charge >= 0.3 is 0 Å². The summed E-state index contributed by atoms with van der Waals surface area (Å²) in [6.07, 6.45) is 3.57. The molecule has 1 fully saturated rings. The summed E-state index contributed by atoms with van der Waals surface area (Å²) < 4.78 is 0. The second-order valence-corrected chi connectivity index (χ2v) is 5.88. The van der Waals surface area contributed by atoms with Crippen LogP contribution in [0, 0.1) is 0 Å². The fraction of sp³-hybridized carbons (Fsp3) is 0.500. The van der Waals surface area contributed by atoms with Crippen LogP contribution in [-0.4, -0.2) is 32.2 Å². The van der Waals surface area contributed by atoms with E-state index in [4.69, 9.17) is 11.6 Å². The zero-order chi connectivity index (χ0) is 14.2. The van der Waals surface area contributed by atoms with Gasteiger partial charge in [0.25, 0.3) is 0 Å². The molecule has 0 N–H and O–H groups in total. The molecule has 0 unspecified atom stereocenters. The van der Waals surface area contributed by atoms with Gasteiger partial charge in [0.05, 0.1) is 13.6 Å². The average Bonchev–Trinajstić information content (AvgIpc) is 2.76. The van der Waals surface area contributed by atoms with Crippen LogP contribution in [0.5, 0.6) is 0 Å². The minimum atomic E-state index is 0.0871. The maximum absolute atomic E-state index is 5.99. The standard InChI is InChI=1S/C14H18ClN5/c1-19(10-13-16-18-20(2)17-13)14(8-3-9-14)11-4-6-12(15)7-5-11/h4-7H,3,8-10H2,1-2H3. The zero-order valence-corrected chi connectivity index (χ0v) is 12.5. The van der Waals surface area contributed by atoms with Crippen molar-refractivity contribution in [1.82, 2.24) is 25.1 Å². The number of aryl methyl sites for hydroxylation is 1. The summed E-state index contributed by atoms with van der Waals surface area (Å²) in [4.78, 5) is 3.83. The van der Waals surface area contributed by atoms with E-state index in [1.165, 1.54) is 16.8 Å². The summed E-state index contributed by atoms with van der Waals surface area (Å²) in [5.74, 6) is 0.759. The highest BCUT2D eigenvalue weighted by Crippen LogP contribution is 2.46. The number of aromatic nitrogens is 4. The molecule has 106 valence electrons. The van der Waals surface area contributed by atoms with Crippen molar-refractivity contribution in [2.45, 2.75) is 31.3 Å². The second kappa shape index (κ2) is 5.14. The van der Waals surface area contributed by atoms with Crippen molar-refractivity contribution < 1.29 is 0 Å². The maximum Gasteiger partial charge on any atom is 0.188 e. The van der Waals surface area contributed by atoms with Crippen molar-refractivity contribution in [3.63, 3.8) is 0 Å². The van der Waals surface area contributed by atoms with Gasteiger partial charge in [-0.25, -0.2) is 0 Å². The minimum absolute atomic E-state index is 0.0871. The molecule has 1 aliphatic carbocycles. The molecular weight excluding hydrogens is 274 g/mol. The Bertz CT molecular complexity index is 588. The molecule has 5 nitrogen and oxygen atoms in total.